The van der Waals surface area contributed by atoms with Gasteiger partial charge in [-0.25, -0.2) is 0 Å². The molecule has 3 rings (SSSR count). The summed E-state index contributed by atoms with van der Waals surface area (Å²) in [5.74, 6) is -0.355. The average molecular weight is 391 g/mol. The molecule has 4 atom stereocenters. The minimum atomic E-state index is -1.15. The van der Waals surface area contributed by atoms with Gasteiger partial charge in [0.25, 0.3) is 5.91 Å². The van der Waals surface area contributed by atoms with Crippen molar-refractivity contribution in [1.82, 2.24) is 10.2 Å². The third-order valence-corrected chi connectivity index (χ3v) is 5.41. The van der Waals surface area contributed by atoms with Gasteiger partial charge in [0.05, 0.1) is 12.5 Å². The number of nitrogens with one attached hydrogen (secondary N) is 1. The highest BCUT2D eigenvalue weighted by molar-refractivity contribution is 5.94. The Morgan fingerprint density at radius 2 is 1.71 bits per heavy atom. The highest BCUT2D eigenvalue weighted by Gasteiger charge is 2.43. The van der Waals surface area contributed by atoms with Crippen molar-refractivity contribution in [2.24, 2.45) is 0 Å². The number of aliphatic hydroxyl groups is 2. The Balaban J connectivity index is 1.51. The molecule has 1 aromatic rings. The summed E-state index contributed by atoms with van der Waals surface area (Å²) >= 11 is 0. The summed E-state index contributed by atoms with van der Waals surface area (Å²) in [5, 5.41) is 23.2. The van der Waals surface area contributed by atoms with Crippen LogP contribution in [0.5, 0.6) is 0 Å². The highest BCUT2D eigenvalue weighted by Crippen LogP contribution is 2.25. The molecule has 0 spiro atoms. The first-order valence-corrected chi connectivity index (χ1v) is 9.72. The third kappa shape index (κ3) is 4.63. The second kappa shape index (κ2) is 8.89. The van der Waals surface area contributed by atoms with Gasteiger partial charge >= 0.3 is 0 Å². The molecule has 2 fully saturated rings. The van der Waals surface area contributed by atoms with Crippen LogP contribution in [0.3, 0.4) is 0 Å². The van der Waals surface area contributed by atoms with E-state index in [0.717, 1.165) is 31.6 Å². The average Bonchev–Trinajstić information content (AvgIpc) is 3.31. The lowest BCUT2D eigenvalue weighted by molar-refractivity contribution is -0.134. The Labute approximate surface area is 165 Å². The maximum atomic E-state index is 12.3. The lowest BCUT2D eigenvalue weighted by atomic mass is 10.0. The molecule has 2 amide bonds. The summed E-state index contributed by atoms with van der Waals surface area (Å²) in [4.78, 5) is 28.3. The number of rotatable bonds is 6. The summed E-state index contributed by atoms with van der Waals surface area (Å²) in [5.41, 5.74) is 1.49. The van der Waals surface area contributed by atoms with E-state index in [0.29, 0.717) is 5.56 Å². The van der Waals surface area contributed by atoms with Gasteiger partial charge in [-0.05, 0) is 37.1 Å². The van der Waals surface area contributed by atoms with E-state index in [9.17, 15) is 19.8 Å². The molecule has 1 aromatic carbocycles. The molecule has 3 N–H and O–H groups in total. The van der Waals surface area contributed by atoms with E-state index < -0.39 is 24.4 Å². The quantitative estimate of drug-likeness (QED) is 0.630. The Bertz CT molecular complexity index is 688. The minimum absolute atomic E-state index is 0.0364. The van der Waals surface area contributed by atoms with E-state index in [4.69, 9.17) is 4.74 Å². The van der Waals surface area contributed by atoms with Gasteiger partial charge in [-0.15, -0.1) is 0 Å². The Morgan fingerprint density at radius 1 is 1.11 bits per heavy atom. The number of benzene rings is 1. The zero-order valence-electron chi connectivity index (χ0n) is 16.4. The first-order chi connectivity index (χ1) is 13.4. The molecule has 154 valence electrons. The molecule has 2 heterocycles. The van der Waals surface area contributed by atoms with Crippen LogP contribution in [0.4, 0.5) is 5.69 Å². The van der Waals surface area contributed by atoms with E-state index in [1.807, 2.05) is 31.1 Å². The minimum Gasteiger partial charge on any atom is -0.388 e. The summed E-state index contributed by atoms with van der Waals surface area (Å²) in [6, 6.07) is 7.14. The number of carbonyl (C=O) groups is 2. The van der Waals surface area contributed by atoms with Gasteiger partial charge in [0.15, 0.2) is 0 Å². The number of nitrogens with zero attached hydrogens (tertiary/aromatic N) is 2. The summed E-state index contributed by atoms with van der Waals surface area (Å²) < 4.78 is 5.68. The van der Waals surface area contributed by atoms with Gasteiger partial charge < -0.3 is 30.1 Å². The molecular weight excluding hydrogens is 362 g/mol. The number of aliphatic hydroxyl groups excluding tert-OH is 2. The molecule has 2 saturated heterocycles. The molecule has 0 saturated carbocycles. The zero-order chi connectivity index (χ0) is 20.3. The normalized spacial score (nSPS) is 27.1. The molecule has 0 aliphatic carbocycles. The molecule has 0 bridgehead atoms. The van der Waals surface area contributed by atoms with E-state index in [1.165, 1.54) is 0 Å². The molecule has 2 aliphatic rings. The topological polar surface area (TPSA) is 102 Å². The van der Waals surface area contributed by atoms with E-state index in [1.54, 1.807) is 17.0 Å². The second-order valence-electron chi connectivity index (χ2n) is 7.64. The predicted octanol–water partition coefficient (Wildman–Crippen LogP) is -0.0159. The smallest absolute Gasteiger partial charge is 0.251 e. The number of anilines is 1. The largest absolute Gasteiger partial charge is 0.388 e. The van der Waals surface area contributed by atoms with Gasteiger partial charge in [-0.3, -0.25) is 9.59 Å². The monoisotopic (exact) mass is 391 g/mol. The zero-order valence-corrected chi connectivity index (χ0v) is 16.4. The van der Waals surface area contributed by atoms with Crippen LogP contribution in [0.2, 0.25) is 0 Å². The molecule has 28 heavy (non-hydrogen) atoms. The maximum Gasteiger partial charge on any atom is 0.251 e. The van der Waals surface area contributed by atoms with Crippen LogP contribution in [0.25, 0.3) is 0 Å². The SMILES string of the molecule is CN(C)c1ccc(C(=O)NC[C@@H]2O[C@@H](CC(=O)N3CCCC3)[C@H](O)[C@@H]2O)cc1. The number of hydrogen-bond donors (Lipinski definition) is 3. The van der Waals surface area contributed by atoms with Crippen LogP contribution in [-0.2, 0) is 9.53 Å². The van der Waals surface area contributed by atoms with Crippen molar-refractivity contribution >= 4 is 17.5 Å². The fraction of sp³-hybridized carbons (Fsp3) is 0.600. The van der Waals surface area contributed by atoms with Gasteiger partial charge in [0.2, 0.25) is 5.91 Å². The first-order valence-electron chi connectivity index (χ1n) is 9.72. The summed E-state index contributed by atoms with van der Waals surface area (Å²) in [6.45, 7) is 1.52. The molecular formula is C20H29N3O5. The molecule has 0 aromatic heterocycles. The molecule has 0 radical (unpaired) electrons. The van der Waals surface area contributed by atoms with Crippen LogP contribution < -0.4 is 10.2 Å². The molecule has 2 aliphatic heterocycles. The van der Waals surface area contributed by atoms with Gasteiger partial charge in [-0.2, -0.15) is 0 Å². The highest BCUT2D eigenvalue weighted by atomic mass is 16.5. The Hall–Kier alpha value is -2.16. The number of carbonyl (C=O) groups excluding carboxylic acids is 2. The number of ether oxygens (including phenoxy) is 1. The molecule has 0 unspecified atom stereocenters. The fourth-order valence-electron chi connectivity index (χ4n) is 3.64. The van der Waals surface area contributed by atoms with Gasteiger partial charge in [0.1, 0.15) is 18.3 Å². The summed E-state index contributed by atoms with van der Waals surface area (Å²) in [7, 11) is 3.84. The standard InChI is InChI=1S/C20H29N3O5/c1-22(2)14-7-5-13(6-8-14)20(27)21-12-16-19(26)18(25)15(28-16)11-17(24)23-9-3-4-10-23/h5-8,15-16,18-19,25-26H,3-4,9-12H2,1-2H3,(H,21,27)/t15-,16-,18-,19+/m0/s1. The van der Waals surface area contributed by atoms with Crippen LogP contribution >= 0.6 is 0 Å². The third-order valence-electron chi connectivity index (χ3n) is 5.41. The van der Waals surface area contributed by atoms with Crippen molar-refractivity contribution in [2.75, 3.05) is 38.6 Å². The summed E-state index contributed by atoms with van der Waals surface area (Å²) in [6.07, 6.45) is -1.78. The van der Waals surface area contributed by atoms with Crippen molar-refractivity contribution < 1.29 is 24.5 Å². The van der Waals surface area contributed by atoms with Crippen molar-refractivity contribution in [2.45, 2.75) is 43.7 Å². The van der Waals surface area contributed by atoms with Crippen molar-refractivity contribution in [3.05, 3.63) is 29.8 Å². The fourth-order valence-corrected chi connectivity index (χ4v) is 3.64. The van der Waals surface area contributed by atoms with E-state index >= 15 is 0 Å². The lowest BCUT2D eigenvalue weighted by Crippen LogP contribution is -2.40. The van der Waals surface area contributed by atoms with Crippen molar-refractivity contribution in [3.8, 4) is 0 Å². The first kappa shape index (κ1) is 20.6. The maximum absolute atomic E-state index is 12.3. The molecule has 8 nitrogen and oxygen atoms in total. The van der Waals surface area contributed by atoms with Crippen LogP contribution in [0.15, 0.2) is 24.3 Å². The second-order valence-corrected chi connectivity index (χ2v) is 7.64. The lowest BCUT2D eigenvalue weighted by Gasteiger charge is -2.19. The predicted molar refractivity (Wildman–Crippen MR) is 104 cm³/mol. The van der Waals surface area contributed by atoms with Crippen LogP contribution in [0, 0.1) is 0 Å². The van der Waals surface area contributed by atoms with Gasteiger partial charge in [-0.1, -0.05) is 0 Å². The molecule has 8 heteroatoms. The van der Waals surface area contributed by atoms with E-state index in [2.05, 4.69) is 5.32 Å². The number of hydrogen-bond acceptors (Lipinski definition) is 6. The van der Waals surface area contributed by atoms with E-state index in [-0.39, 0.29) is 24.8 Å². The van der Waals surface area contributed by atoms with Crippen molar-refractivity contribution in [3.63, 3.8) is 0 Å². The van der Waals surface area contributed by atoms with Gasteiger partial charge in [0, 0.05) is 45.0 Å². The van der Waals surface area contributed by atoms with Crippen molar-refractivity contribution in [1.29, 1.82) is 0 Å². The van der Waals surface area contributed by atoms with Crippen LogP contribution in [0.1, 0.15) is 29.6 Å². The van der Waals surface area contributed by atoms with Crippen LogP contribution in [-0.4, -0.2) is 85.1 Å². The number of likely N-dealkylation sites (tertiary alicyclic amines) is 1. The number of amides is 2. The Morgan fingerprint density at radius 3 is 2.32 bits per heavy atom. The Kier molecular flexibility index (Phi) is 6.53.